The van der Waals surface area contributed by atoms with E-state index in [2.05, 4.69) is 29.8 Å². The molecule has 1 heterocycles. The molecule has 1 aliphatic heterocycles. The number of urea groups is 1. The summed E-state index contributed by atoms with van der Waals surface area (Å²) in [5.74, 6) is 0.328. The van der Waals surface area contributed by atoms with E-state index in [1.165, 1.54) is 5.56 Å². The molecule has 0 radical (unpaired) electrons. The fourth-order valence-electron chi connectivity index (χ4n) is 3.19. The van der Waals surface area contributed by atoms with Crippen molar-refractivity contribution in [2.45, 2.75) is 32.6 Å². The van der Waals surface area contributed by atoms with Crippen LogP contribution >= 0.6 is 0 Å². The van der Waals surface area contributed by atoms with E-state index in [-0.39, 0.29) is 50.3 Å². The quantitative estimate of drug-likeness (QED) is 0.479. The number of amides is 5. The van der Waals surface area contributed by atoms with E-state index in [1.54, 1.807) is 24.3 Å². The monoisotopic (exact) mass is 452 g/mol. The first kappa shape index (κ1) is 23.8. The lowest BCUT2D eigenvalue weighted by molar-refractivity contribution is -0.125. The number of nitrogens with zero attached hydrogens (tertiary/aromatic N) is 1. The predicted molar refractivity (Wildman–Crippen MR) is 124 cm³/mol. The van der Waals surface area contributed by atoms with Crippen LogP contribution in [0.3, 0.4) is 0 Å². The maximum atomic E-state index is 12.1. The summed E-state index contributed by atoms with van der Waals surface area (Å²) in [5.41, 5.74) is 2.37. The summed E-state index contributed by atoms with van der Waals surface area (Å²) in [4.78, 5) is 48.2. The number of anilines is 2. The Morgan fingerprint density at radius 1 is 0.939 bits per heavy atom. The first-order chi connectivity index (χ1) is 15.8. The van der Waals surface area contributed by atoms with Gasteiger partial charge in [-0.25, -0.2) is 4.79 Å². The molecule has 0 saturated carbocycles. The maximum Gasteiger partial charge on any atom is 0.324 e. The summed E-state index contributed by atoms with van der Waals surface area (Å²) in [6, 6.07) is 14.0. The second-order valence-corrected chi connectivity index (χ2v) is 7.95. The molecule has 1 fully saturated rings. The molecule has 9 nitrogen and oxygen atoms in total. The van der Waals surface area contributed by atoms with Crippen LogP contribution in [0.5, 0.6) is 5.75 Å². The normalized spacial score (nSPS) is 13.1. The van der Waals surface area contributed by atoms with E-state index in [9.17, 15) is 19.2 Å². The first-order valence-corrected chi connectivity index (χ1v) is 10.8. The van der Waals surface area contributed by atoms with Gasteiger partial charge in [0.25, 0.3) is 0 Å². The highest BCUT2D eigenvalue weighted by Crippen LogP contribution is 2.19. The van der Waals surface area contributed by atoms with Crippen molar-refractivity contribution < 1.29 is 23.9 Å². The lowest BCUT2D eigenvalue weighted by Crippen LogP contribution is -2.33. The van der Waals surface area contributed by atoms with E-state index < -0.39 is 6.03 Å². The Morgan fingerprint density at radius 3 is 2.03 bits per heavy atom. The van der Waals surface area contributed by atoms with Crippen LogP contribution in [0.25, 0.3) is 0 Å². The van der Waals surface area contributed by atoms with Gasteiger partial charge in [0.05, 0.1) is 19.6 Å². The molecule has 174 valence electrons. The van der Waals surface area contributed by atoms with Crippen LogP contribution in [-0.2, 0) is 14.4 Å². The molecule has 5 amide bonds. The van der Waals surface area contributed by atoms with Crippen molar-refractivity contribution in [3.05, 3.63) is 54.1 Å². The average molecular weight is 453 g/mol. The molecular weight excluding hydrogens is 424 g/mol. The minimum absolute atomic E-state index is 0.00214. The van der Waals surface area contributed by atoms with Gasteiger partial charge in [-0.05, 0) is 47.9 Å². The smallest absolute Gasteiger partial charge is 0.324 e. The van der Waals surface area contributed by atoms with Crippen molar-refractivity contribution in [3.63, 3.8) is 0 Å². The van der Waals surface area contributed by atoms with Crippen molar-refractivity contribution in [1.29, 1.82) is 0 Å². The van der Waals surface area contributed by atoms with Gasteiger partial charge in [-0.2, -0.15) is 0 Å². The zero-order valence-electron chi connectivity index (χ0n) is 18.7. The average Bonchev–Trinajstić information content (AvgIpc) is 3.11. The largest absolute Gasteiger partial charge is 0.493 e. The van der Waals surface area contributed by atoms with Crippen molar-refractivity contribution in [1.82, 2.24) is 10.2 Å². The van der Waals surface area contributed by atoms with Gasteiger partial charge in [0.1, 0.15) is 5.75 Å². The van der Waals surface area contributed by atoms with Crippen molar-refractivity contribution in [2.75, 3.05) is 30.3 Å². The van der Waals surface area contributed by atoms with E-state index in [4.69, 9.17) is 4.74 Å². The summed E-state index contributed by atoms with van der Waals surface area (Å²) in [6.07, 6.45) is 0.199. The minimum atomic E-state index is -0.484. The number of hydrogen-bond donors (Lipinski definition) is 3. The van der Waals surface area contributed by atoms with Gasteiger partial charge in [0.15, 0.2) is 0 Å². The first-order valence-electron chi connectivity index (χ1n) is 10.8. The van der Waals surface area contributed by atoms with Gasteiger partial charge >= 0.3 is 6.03 Å². The number of benzene rings is 2. The molecule has 0 aromatic heterocycles. The van der Waals surface area contributed by atoms with E-state index in [0.29, 0.717) is 17.3 Å². The summed E-state index contributed by atoms with van der Waals surface area (Å²) in [7, 11) is 0. The number of carbonyl (C=O) groups excluding carboxylic acids is 4. The molecule has 1 aliphatic rings. The topological polar surface area (TPSA) is 117 Å². The molecule has 0 aliphatic carbocycles. The summed E-state index contributed by atoms with van der Waals surface area (Å²) >= 11 is 0. The van der Waals surface area contributed by atoms with Gasteiger partial charge in [0.2, 0.25) is 17.7 Å². The number of nitrogens with one attached hydrogen (secondary N) is 3. The lowest BCUT2D eigenvalue weighted by Gasteiger charge is -2.12. The molecule has 0 unspecified atom stereocenters. The third-order valence-corrected chi connectivity index (χ3v) is 5.10. The van der Waals surface area contributed by atoms with Crippen LogP contribution in [0.1, 0.15) is 38.2 Å². The molecule has 9 heteroatoms. The SMILES string of the molecule is CC(C)c1ccc(OCCC(=O)Nc2ccc(NC(=O)CCN3C(=O)CNC3=O)cc2)cc1. The van der Waals surface area contributed by atoms with Crippen molar-refractivity contribution in [2.24, 2.45) is 0 Å². The van der Waals surface area contributed by atoms with Crippen LogP contribution in [0.2, 0.25) is 0 Å². The zero-order chi connectivity index (χ0) is 23.8. The van der Waals surface area contributed by atoms with E-state index in [0.717, 1.165) is 10.6 Å². The van der Waals surface area contributed by atoms with Crippen molar-refractivity contribution >= 4 is 35.1 Å². The second-order valence-electron chi connectivity index (χ2n) is 7.95. The molecular formula is C24H28N4O5. The molecule has 0 bridgehead atoms. The van der Waals surface area contributed by atoms with Crippen LogP contribution < -0.4 is 20.7 Å². The number of hydrogen-bond acceptors (Lipinski definition) is 5. The third kappa shape index (κ3) is 7.06. The summed E-state index contributed by atoms with van der Waals surface area (Å²) in [6.45, 7) is 4.50. The molecule has 1 saturated heterocycles. The highest BCUT2D eigenvalue weighted by atomic mass is 16.5. The highest BCUT2D eigenvalue weighted by Gasteiger charge is 2.28. The second kappa shape index (κ2) is 11.1. The Balaban J connectivity index is 1.37. The van der Waals surface area contributed by atoms with Gasteiger partial charge in [-0.15, -0.1) is 0 Å². The Labute approximate surface area is 192 Å². The molecule has 2 aromatic carbocycles. The molecule has 2 aromatic rings. The van der Waals surface area contributed by atoms with Crippen LogP contribution in [0.4, 0.5) is 16.2 Å². The van der Waals surface area contributed by atoms with Gasteiger partial charge < -0.3 is 20.7 Å². The molecule has 3 N–H and O–H groups in total. The van der Waals surface area contributed by atoms with E-state index in [1.807, 2.05) is 24.3 Å². The summed E-state index contributed by atoms with van der Waals surface area (Å²) < 4.78 is 5.63. The molecule has 33 heavy (non-hydrogen) atoms. The number of rotatable bonds is 10. The van der Waals surface area contributed by atoms with Crippen LogP contribution in [0.15, 0.2) is 48.5 Å². The van der Waals surface area contributed by atoms with Crippen LogP contribution in [0, 0.1) is 0 Å². The fraction of sp³-hybridized carbons (Fsp3) is 0.333. The van der Waals surface area contributed by atoms with Crippen molar-refractivity contribution in [3.8, 4) is 5.75 Å². The number of ether oxygens (including phenoxy) is 1. The van der Waals surface area contributed by atoms with Gasteiger partial charge in [-0.3, -0.25) is 19.3 Å². The van der Waals surface area contributed by atoms with Gasteiger partial charge in [-0.1, -0.05) is 26.0 Å². The lowest BCUT2D eigenvalue weighted by atomic mass is 10.0. The number of carbonyl (C=O) groups is 4. The maximum absolute atomic E-state index is 12.1. The Bertz CT molecular complexity index is 987. The van der Waals surface area contributed by atoms with E-state index >= 15 is 0 Å². The Morgan fingerprint density at radius 2 is 1.52 bits per heavy atom. The third-order valence-electron chi connectivity index (χ3n) is 5.10. The zero-order valence-corrected chi connectivity index (χ0v) is 18.7. The minimum Gasteiger partial charge on any atom is -0.493 e. The van der Waals surface area contributed by atoms with Crippen LogP contribution in [-0.4, -0.2) is 48.3 Å². The Hall–Kier alpha value is -3.88. The molecule has 0 atom stereocenters. The highest BCUT2D eigenvalue weighted by molar-refractivity contribution is 6.02. The predicted octanol–water partition coefficient (Wildman–Crippen LogP) is 3.10. The fourth-order valence-corrected chi connectivity index (χ4v) is 3.19. The summed E-state index contributed by atoms with van der Waals surface area (Å²) in [5, 5.41) is 7.89. The van der Waals surface area contributed by atoms with Gasteiger partial charge in [0, 0.05) is 24.3 Å². The standard InChI is InChI=1S/C24H28N4O5/c1-16(2)17-3-9-20(10-4-17)33-14-12-22(30)27-19-7-5-18(6-8-19)26-21(29)11-13-28-23(31)15-25-24(28)32/h3-10,16H,11-15H2,1-2H3,(H,25,32)(H,26,29)(H,27,30). The molecule has 3 rings (SSSR count). The Kier molecular flexibility index (Phi) is 8.01. The molecule has 0 spiro atoms. The number of imide groups is 1.